The number of carbonyl (C=O) groups excluding carboxylic acids is 5. The predicted octanol–water partition coefficient (Wildman–Crippen LogP) is 0.744. The summed E-state index contributed by atoms with van der Waals surface area (Å²) in [5, 5.41) is 22.7. The molecule has 2 unspecified atom stereocenters. The number of aliphatic hydroxyl groups is 1. The lowest BCUT2D eigenvalue weighted by Gasteiger charge is -2.52. The van der Waals surface area contributed by atoms with Crippen LogP contribution in [0.25, 0.3) is 0 Å². The Morgan fingerprint density at radius 1 is 1.15 bits per heavy atom. The number of hydrogen-bond donors (Lipinski definition) is 3. The van der Waals surface area contributed by atoms with Crippen LogP contribution in [0.5, 0.6) is 11.5 Å². The number of Topliss-reactive ketones (excluding diaryl/α,β-unsaturated/α-hetero) is 4. The Bertz CT molecular complexity index is 1320. The molecule has 224 valence electrons. The van der Waals surface area contributed by atoms with Gasteiger partial charge in [-0.1, -0.05) is 20.8 Å². The molecule has 1 aromatic carbocycles. The molecule has 11 nitrogen and oxygen atoms in total. The first-order valence-corrected chi connectivity index (χ1v) is 13.9. The standard InChI is InChI=1S/C30H41N3O8/c1-29(2,3)8-9-33(6)13-15-12-18(34)20-16(25(15)41-7)10-14-11-17-22(32(4)5)24(36)21(28(31)39)27(38)30(17,40)26(37)19(14)23(20)35/h12,14,17,19,21-22,34,40H,8-11,13H2,1-7H3,(H2,31,39)/t14-,17-,19?,21?,22-,30-/m0/s1. The van der Waals surface area contributed by atoms with E-state index in [-0.39, 0.29) is 29.6 Å². The molecule has 0 spiro atoms. The number of benzene rings is 1. The molecule has 0 aromatic heterocycles. The highest BCUT2D eigenvalue weighted by molar-refractivity contribution is 6.32. The van der Waals surface area contributed by atoms with Gasteiger partial charge in [-0.25, -0.2) is 0 Å². The van der Waals surface area contributed by atoms with Gasteiger partial charge in [-0.05, 0) is 64.3 Å². The van der Waals surface area contributed by atoms with E-state index in [9.17, 15) is 34.2 Å². The maximum Gasteiger partial charge on any atom is 0.235 e. The first-order chi connectivity index (χ1) is 18.9. The van der Waals surface area contributed by atoms with Crippen molar-refractivity contribution in [1.82, 2.24) is 9.80 Å². The van der Waals surface area contributed by atoms with Gasteiger partial charge in [0.2, 0.25) is 5.91 Å². The minimum atomic E-state index is -2.74. The summed E-state index contributed by atoms with van der Waals surface area (Å²) in [4.78, 5) is 70.1. The van der Waals surface area contributed by atoms with Crippen molar-refractivity contribution in [1.29, 1.82) is 0 Å². The van der Waals surface area contributed by atoms with Gasteiger partial charge in [0, 0.05) is 23.6 Å². The second kappa shape index (κ2) is 10.6. The number of aromatic hydroxyl groups is 1. The average Bonchev–Trinajstić information content (AvgIpc) is 2.84. The fourth-order valence-corrected chi connectivity index (χ4v) is 6.98. The van der Waals surface area contributed by atoms with Crippen LogP contribution in [-0.4, -0.2) is 95.5 Å². The van der Waals surface area contributed by atoms with Gasteiger partial charge < -0.3 is 25.6 Å². The molecule has 4 N–H and O–H groups in total. The molecule has 1 amide bonds. The molecule has 2 fully saturated rings. The third kappa shape index (κ3) is 4.97. The van der Waals surface area contributed by atoms with E-state index >= 15 is 0 Å². The lowest BCUT2D eigenvalue weighted by atomic mass is 9.52. The van der Waals surface area contributed by atoms with Gasteiger partial charge in [0.25, 0.3) is 0 Å². The van der Waals surface area contributed by atoms with Crippen LogP contribution in [0, 0.1) is 29.1 Å². The Hall–Kier alpha value is -3.15. The van der Waals surface area contributed by atoms with Crippen LogP contribution >= 0.6 is 0 Å². The van der Waals surface area contributed by atoms with E-state index in [1.807, 2.05) is 7.05 Å². The largest absolute Gasteiger partial charge is 0.507 e. The maximum absolute atomic E-state index is 13.9. The molecule has 1 aromatic rings. The van der Waals surface area contributed by atoms with E-state index in [4.69, 9.17) is 10.5 Å². The summed E-state index contributed by atoms with van der Waals surface area (Å²) in [6.07, 6.45) is 1.09. The smallest absolute Gasteiger partial charge is 0.235 e. The third-order valence-corrected chi connectivity index (χ3v) is 8.98. The Balaban J connectivity index is 1.77. The number of rotatable bonds is 7. The fraction of sp³-hybridized carbons (Fsp3) is 0.633. The fourth-order valence-electron chi connectivity index (χ4n) is 6.98. The number of fused-ring (bicyclic) bond motifs is 3. The number of nitrogens with two attached hydrogens (primary N) is 1. The first-order valence-electron chi connectivity index (χ1n) is 13.9. The van der Waals surface area contributed by atoms with Crippen molar-refractivity contribution in [2.45, 2.75) is 58.2 Å². The Morgan fingerprint density at radius 2 is 1.78 bits per heavy atom. The number of amides is 1. The number of methoxy groups -OCH3 is 1. The molecule has 41 heavy (non-hydrogen) atoms. The van der Waals surface area contributed by atoms with Crippen LogP contribution in [-0.2, 0) is 32.1 Å². The number of phenolic OH excluding ortho intramolecular Hbond substituents is 1. The number of likely N-dealkylation sites (N-methyl/N-ethyl adjacent to an activating group) is 1. The summed E-state index contributed by atoms with van der Waals surface area (Å²) in [7, 11) is 6.55. The second-order valence-electron chi connectivity index (χ2n) is 13.3. The normalized spacial score (nSPS) is 29.9. The number of phenols is 1. The molecule has 0 saturated heterocycles. The molecule has 0 bridgehead atoms. The van der Waals surface area contributed by atoms with Crippen molar-refractivity contribution in [3.63, 3.8) is 0 Å². The monoisotopic (exact) mass is 571 g/mol. The minimum absolute atomic E-state index is 0.0104. The van der Waals surface area contributed by atoms with Gasteiger partial charge in [0.05, 0.1) is 24.6 Å². The summed E-state index contributed by atoms with van der Waals surface area (Å²) in [6, 6.07) is 0.318. The molecule has 11 heteroatoms. The van der Waals surface area contributed by atoms with Crippen molar-refractivity contribution in [3.05, 3.63) is 22.8 Å². The van der Waals surface area contributed by atoms with Crippen LogP contribution < -0.4 is 10.5 Å². The topological polar surface area (TPSA) is 168 Å². The highest BCUT2D eigenvalue weighted by Gasteiger charge is 2.69. The summed E-state index contributed by atoms with van der Waals surface area (Å²) < 4.78 is 5.77. The highest BCUT2D eigenvalue weighted by atomic mass is 16.5. The van der Waals surface area contributed by atoms with E-state index in [2.05, 4.69) is 25.7 Å². The van der Waals surface area contributed by atoms with Crippen molar-refractivity contribution in [2.24, 2.45) is 34.8 Å². The minimum Gasteiger partial charge on any atom is -0.507 e. The van der Waals surface area contributed by atoms with E-state index < -0.39 is 64.4 Å². The Labute approximate surface area is 240 Å². The van der Waals surface area contributed by atoms with Gasteiger partial charge in [-0.2, -0.15) is 0 Å². The Morgan fingerprint density at radius 3 is 2.32 bits per heavy atom. The molecular weight excluding hydrogens is 530 g/mol. The van der Waals surface area contributed by atoms with Gasteiger partial charge in [-0.3, -0.25) is 28.9 Å². The third-order valence-electron chi connectivity index (χ3n) is 8.98. The molecule has 0 radical (unpaired) electrons. The zero-order valence-corrected chi connectivity index (χ0v) is 24.8. The predicted molar refractivity (Wildman–Crippen MR) is 148 cm³/mol. The number of ether oxygens (including phenoxy) is 1. The lowest BCUT2D eigenvalue weighted by Crippen LogP contribution is -2.74. The van der Waals surface area contributed by atoms with E-state index in [1.54, 1.807) is 14.1 Å². The van der Waals surface area contributed by atoms with Crippen LogP contribution in [0.1, 0.15) is 55.1 Å². The van der Waals surface area contributed by atoms with Gasteiger partial charge in [-0.15, -0.1) is 0 Å². The van der Waals surface area contributed by atoms with Gasteiger partial charge in [0.1, 0.15) is 11.5 Å². The van der Waals surface area contributed by atoms with Crippen molar-refractivity contribution < 1.29 is 38.9 Å². The van der Waals surface area contributed by atoms with Crippen LogP contribution in [0.4, 0.5) is 0 Å². The molecule has 6 atom stereocenters. The average molecular weight is 572 g/mol. The summed E-state index contributed by atoms with van der Waals surface area (Å²) in [6.45, 7) is 7.71. The lowest BCUT2D eigenvalue weighted by molar-refractivity contribution is -0.181. The Kier molecular flexibility index (Phi) is 7.96. The van der Waals surface area contributed by atoms with Crippen molar-refractivity contribution in [3.8, 4) is 11.5 Å². The maximum atomic E-state index is 13.9. The quantitative estimate of drug-likeness (QED) is 0.397. The molecule has 0 heterocycles. The number of ketones is 4. The zero-order chi connectivity index (χ0) is 30.8. The number of nitrogens with zero attached hydrogens (tertiary/aromatic N) is 2. The van der Waals surface area contributed by atoms with Crippen LogP contribution in [0.3, 0.4) is 0 Å². The highest BCUT2D eigenvalue weighted by Crippen LogP contribution is 2.52. The molecule has 4 rings (SSSR count). The van der Waals surface area contributed by atoms with E-state index in [0.717, 1.165) is 13.0 Å². The first kappa shape index (κ1) is 30.8. The molecule has 0 aliphatic heterocycles. The number of primary amides is 1. The van der Waals surface area contributed by atoms with Crippen molar-refractivity contribution in [2.75, 3.05) is 34.8 Å². The van der Waals surface area contributed by atoms with E-state index in [0.29, 0.717) is 23.4 Å². The summed E-state index contributed by atoms with van der Waals surface area (Å²) in [5.74, 6) is -10.2. The summed E-state index contributed by atoms with van der Waals surface area (Å²) in [5.41, 5.74) is 3.82. The number of hydrogen-bond acceptors (Lipinski definition) is 10. The van der Waals surface area contributed by atoms with E-state index in [1.165, 1.54) is 18.1 Å². The van der Waals surface area contributed by atoms with Gasteiger partial charge >= 0.3 is 0 Å². The molecular formula is C30H41N3O8. The second-order valence-corrected chi connectivity index (χ2v) is 13.3. The molecule has 2 saturated carbocycles. The van der Waals surface area contributed by atoms with Crippen LogP contribution in [0.15, 0.2) is 6.07 Å². The van der Waals surface area contributed by atoms with Crippen LogP contribution in [0.2, 0.25) is 0 Å². The summed E-state index contributed by atoms with van der Waals surface area (Å²) >= 11 is 0. The SMILES string of the molecule is COc1c(CN(C)CCC(C)(C)C)cc(O)c2c1C[C@H]1C[C@H]3[C@H](N(C)C)C(=O)C(C(N)=O)C(=O)[C@@]3(O)C(=O)C1C2=O. The molecule has 3 aliphatic rings. The van der Waals surface area contributed by atoms with Gasteiger partial charge in [0.15, 0.2) is 34.7 Å². The van der Waals surface area contributed by atoms with Crippen molar-refractivity contribution >= 4 is 29.0 Å². The molecule has 3 aliphatic carbocycles. The number of carbonyl (C=O) groups is 5. The zero-order valence-electron chi connectivity index (χ0n) is 24.8.